The summed E-state index contributed by atoms with van der Waals surface area (Å²) >= 11 is 0. The molecule has 0 saturated carbocycles. The van der Waals surface area contributed by atoms with E-state index < -0.39 is 24.3 Å². The number of esters is 1. The molecule has 1 aliphatic heterocycles. The number of aliphatic hydroxyl groups is 1. The second-order valence-corrected chi connectivity index (χ2v) is 10.2. The Morgan fingerprint density at radius 3 is 2.36 bits per heavy atom. The second kappa shape index (κ2) is 16.5. The number of ether oxygens (including phenoxy) is 5. The Morgan fingerprint density at radius 2 is 1.68 bits per heavy atom. The molecule has 0 bridgehead atoms. The molecule has 1 heterocycles. The number of nitrogens with zero attached hydrogens (tertiary/aromatic N) is 2. The van der Waals surface area contributed by atoms with Gasteiger partial charge >= 0.3 is 12.0 Å². The zero-order chi connectivity index (χ0) is 33.8. The largest absolute Gasteiger partial charge is 0.490 e. The number of amides is 2. The topological polar surface area (TPSA) is 173 Å². The van der Waals surface area contributed by atoms with E-state index in [1.54, 1.807) is 55.5 Å². The molecule has 0 fully saturated rings. The van der Waals surface area contributed by atoms with E-state index >= 15 is 0 Å². The summed E-state index contributed by atoms with van der Waals surface area (Å²) in [5.41, 5.74) is 6.05. The first-order chi connectivity index (χ1) is 22.8. The van der Waals surface area contributed by atoms with Crippen molar-refractivity contribution in [2.75, 3.05) is 26.9 Å². The van der Waals surface area contributed by atoms with Crippen LogP contribution in [0.25, 0.3) is 0 Å². The molecular weight excluding hydrogens is 606 g/mol. The van der Waals surface area contributed by atoms with Gasteiger partial charge in [0, 0.05) is 5.70 Å². The molecule has 4 N–H and O–H groups in total. The van der Waals surface area contributed by atoms with Gasteiger partial charge in [-0.25, -0.2) is 9.59 Å². The number of carbonyl (C=O) groups excluding carboxylic acids is 2. The van der Waals surface area contributed by atoms with Gasteiger partial charge in [-0.15, -0.1) is 0 Å². The molecule has 13 nitrogen and oxygen atoms in total. The zero-order valence-electron chi connectivity index (χ0n) is 26.5. The van der Waals surface area contributed by atoms with Gasteiger partial charge < -0.3 is 39.4 Å². The van der Waals surface area contributed by atoms with Crippen molar-refractivity contribution in [1.29, 1.82) is 5.26 Å². The summed E-state index contributed by atoms with van der Waals surface area (Å²) in [6.07, 6.45) is 0.361. The summed E-state index contributed by atoms with van der Waals surface area (Å²) in [7, 11) is 1.27. The summed E-state index contributed by atoms with van der Waals surface area (Å²) in [5, 5.41) is 28.9. The number of hydrogen-bond acceptors (Lipinski definition) is 11. The average Bonchev–Trinajstić information content (AvgIpc) is 3.07. The maximum absolute atomic E-state index is 12.5. The number of aliphatic hydroxyl groups excluding tert-OH is 1. The van der Waals surface area contributed by atoms with Crippen LogP contribution in [-0.4, -0.2) is 56.5 Å². The van der Waals surface area contributed by atoms with E-state index in [0.717, 1.165) is 5.56 Å². The van der Waals surface area contributed by atoms with Crippen LogP contribution in [0.3, 0.4) is 0 Å². The predicted molar refractivity (Wildman–Crippen MR) is 172 cm³/mol. The Morgan fingerprint density at radius 1 is 1.00 bits per heavy atom. The molecule has 2 atom stereocenters. The lowest BCUT2D eigenvalue weighted by Gasteiger charge is -2.28. The third kappa shape index (κ3) is 9.15. The Balaban J connectivity index is 1.37. The molecular formula is C34H37N5O8. The van der Waals surface area contributed by atoms with Crippen LogP contribution in [0.4, 0.5) is 4.79 Å². The SMILES string of the molecule is CCOc1cc(/C=N/N[C@@H](O)COc2ccc([C@H]3NC(=O)NC(C)=C3C(=O)OC)cc2OCC)ccc1OCc1ccc(C#N)cc1. The summed E-state index contributed by atoms with van der Waals surface area (Å²) in [4.78, 5) is 24.6. The Bertz CT molecular complexity index is 1670. The van der Waals surface area contributed by atoms with Crippen molar-refractivity contribution in [2.24, 2.45) is 5.10 Å². The van der Waals surface area contributed by atoms with Crippen LogP contribution >= 0.6 is 0 Å². The first kappa shape index (κ1) is 34.1. The molecule has 1 aliphatic rings. The fourth-order valence-electron chi connectivity index (χ4n) is 4.65. The van der Waals surface area contributed by atoms with Crippen molar-refractivity contribution >= 4 is 18.2 Å². The number of nitrogens with one attached hydrogen (secondary N) is 3. The Kier molecular flexibility index (Phi) is 12.0. The van der Waals surface area contributed by atoms with Gasteiger partial charge in [0.15, 0.2) is 29.2 Å². The zero-order valence-corrected chi connectivity index (χ0v) is 26.5. The first-order valence-corrected chi connectivity index (χ1v) is 14.9. The summed E-state index contributed by atoms with van der Waals surface area (Å²) < 4.78 is 28.2. The molecule has 0 aromatic heterocycles. The van der Waals surface area contributed by atoms with Gasteiger partial charge in [-0.1, -0.05) is 18.2 Å². The number of carbonyl (C=O) groups is 2. The molecule has 3 aromatic rings. The minimum atomic E-state index is -1.16. The molecule has 3 aromatic carbocycles. The van der Waals surface area contributed by atoms with Gasteiger partial charge in [0.25, 0.3) is 0 Å². The molecule has 0 saturated heterocycles. The molecule has 0 aliphatic carbocycles. The number of methoxy groups -OCH3 is 1. The molecule has 13 heteroatoms. The summed E-state index contributed by atoms with van der Waals surface area (Å²) in [5.74, 6) is 1.22. The quantitative estimate of drug-likeness (QED) is 0.0819. The molecule has 0 spiro atoms. The monoisotopic (exact) mass is 643 g/mol. The van der Waals surface area contributed by atoms with Crippen molar-refractivity contribution in [2.45, 2.75) is 39.6 Å². The van der Waals surface area contributed by atoms with Gasteiger partial charge in [-0.2, -0.15) is 10.4 Å². The smallest absolute Gasteiger partial charge is 0.337 e. The van der Waals surface area contributed by atoms with E-state index in [1.807, 2.05) is 26.0 Å². The lowest BCUT2D eigenvalue weighted by atomic mass is 9.95. The van der Waals surface area contributed by atoms with Gasteiger partial charge in [0.2, 0.25) is 0 Å². The highest BCUT2D eigenvalue weighted by atomic mass is 16.5. The average molecular weight is 644 g/mol. The van der Waals surface area contributed by atoms with Crippen LogP contribution in [0.15, 0.2) is 77.0 Å². The molecule has 4 rings (SSSR count). The third-order valence-electron chi connectivity index (χ3n) is 6.85. The van der Waals surface area contributed by atoms with Gasteiger partial charge in [0.1, 0.15) is 13.2 Å². The van der Waals surface area contributed by atoms with Gasteiger partial charge in [0.05, 0.1) is 49.8 Å². The summed E-state index contributed by atoms with van der Waals surface area (Å²) in [6, 6.07) is 18.4. The van der Waals surface area contributed by atoms with Crippen LogP contribution in [0.5, 0.6) is 23.0 Å². The minimum Gasteiger partial charge on any atom is -0.490 e. The Labute approximate surface area is 272 Å². The van der Waals surface area contributed by atoms with E-state index in [0.29, 0.717) is 65.2 Å². The molecule has 47 heavy (non-hydrogen) atoms. The maximum atomic E-state index is 12.5. The fourth-order valence-corrected chi connectivity index (χ4v) is 4.65. The van der Waals surface area contributed by atoms with Crippen LogP contribution in [0.1, 0.15) is 49.1 Å². The number of hydrogen-bond donors (Lipinski definition) is 4. The standard InChI is InChI=1S/C34H37N5O8/c1-5-44-28-15-24(11-13-26(28)46-19-23-9-7-22(17-35)8-10-23)18-36-39-30(40)20-47-27-14-12-25(16-29(27)45-6-2)32-31(33(41)43-4)21(3)37-34(42)38-32/h7-16,18,30,32,39-40H,5-6,19-20H2,1-4H3,(H2,37,38,42)/b36-18+/t30-,32+/m0/s1. The van der Waals surface area contributed by atoms with E-state index in [2.05, 4.69) is 27.2 Å². The number of hydrazone groups is 1. The number of allylic oxidation sites excluding steroid dienone is 1. The van der Waals surface area contributed by atoms with Crippen LogP contribution in [0.2, 0.25) is 0 Å². The van der Waals surface area contributed by atoms with E-state index in [4.69, 9.17) is 28.9 Å². The van der Waals surface area contributed by atoms with Crippen molar-refractivity contribution in [3.63, 3.8) is 0 Å². The summed E-state index contributed by atoms with van der Waals surface area (Å²) in [6.45, 7) is 6.20. The van der Waals surface area contributed by atoms with Crippen molar-refractivity contribution in [3.05, 3.63) is 94.2 Å². The van der Waals surface area contributed by atoms with Crippen LogP contribution < -0.4 is 35.0 Å². The van der Waals surface area contributed by atoms with Crippen molar-refractivity contribution in [1.82, 2.24) is 16.1 Å². The highest BCUT2D eigenvalue weighted by molar-refractivity contribution is 5.95. The number of rotatable bonds is 15. The molecule has 0 radical (unpaired) electrons. The highest BCUT2D eigenvalue weighted by Gasteiger charge is 2.32. The van der Waals surface area contributed by atoms with Crippen LogP contribution in [0, 0.1) is 11.3 Å². The molecule has 246 valence electrons. The normalized spacial score (nSPS) is 14.8. The minimum absolute atomic E-state index is 0.167. The van der Waals surface area contributed by atoms with Crippen molar-refractivity contribution < 1.29 is 38.4 Å². The van der Waals surface area contributed by atoms with E-state index in [1.165, 1.54) is 13.3 Å². The van der Waals surface area contributed by atoms with Crippen LogP contribution in [-0.2, 0) is 16.1 Å². The number of urea groups is 1. The molecule has 0 unspecified atom stereocenters. The molecule has 2 amide bonds. The van der Waals surface area contributed by atoms with E-state index in [9.17, 15) is 14.7 Å². The number of benzene rings is 3. The number of nitriles is 1. The third-order valence-corrected chi connectivity index (χ3v) is 6.85. The maximum Gasteiger partial charge on any atom is 0.337 e. The van der Waals surface area contributed by atoms with Gasteiger partial charge in [-0.05, 0) is 79.9 Å². The fraction of sp³-hybridized carbons (Fsp3) is 0.294. The highest BCUT2D eigenvalue weighted by Crippen LogP contribution is 2.35. The van der Waals surface area contributed by atoms with E-state index in [-0.39, 0.29) is 12.2 Å². The van der Waals surface area contributed by atoms with Gasteiger partial charge in [-0.3, -0.25) is 5.43 Å². The lowest BCUT2D eigenvalue weighted by molar-refractivity contribution is -0.136. The second-order valence-electron chi connectivity index (χ2n) is 10.2. The lowest BCUT2D eigenvalue weighted by Crippen LogP contribution is -2.45. The predicted octanol–water partition coefficient (Wildman–Crippen LogP) is 4.06. The first-order valence-electron chi connectivity index (χ1n) is 14.9. The Hall–Kier alpha value is -5.74. The van der Waals surface area contributed by atoms with Crippen molar-refractivity contribution in [3.8, 4) is 29.1 Å².